The molecular weight excluding hydrogens is 196 g/mol. The van der Waals surface area contributed by atoms with Crippen molar-refractivity contribution in [1.29, 1.82) is 0 Å². The number of carbonyl (C=O) groups excluding carboxylic acids is 1. The van der Waals surface area contributed by atoms with Crippen molar-refractivity contribution in [2.24, 2.45) is 0 Å². The molecule has 0 aliphatic heterocycles. The van der Waals surface area contributed by atoms with Crippen molar-refractivity contribution in [3.05, 3.63) is 0 Å². The van der Waals surface area contributed by atoms with Crippen molar-refractivity contribution in [3.63, 3.8) is 0 Å². The first-order chi connectivity index (χ1) is 7.15. The van der Waals surface area contributed by atoms with Gasteiger partial charge in [0.15, 0.2) is 0 Å². The molecule has 5 nitrogen and oxygen atoms in total. The first-order valence-corrected chi connectivity index (χ1v) is 5.31. The van der Waals surface area contributed by atoms with E-state index in [9.17, 15) is 9.59 Å². The zero-order chi connectivity index (χ0) is 11.3. The topological polar surface area (TPSA) is 69.6 Å². The van der Waals surface area contributed by atoms with Crippen LogP contribution in [0.1, 0.15) is 25.7 Å². The Morgan fingerprint density at radius 2 is 2.07 bits per heavy atom. The van der Waals surface area contributed by atoms with Crippen LogP contribution < -0.4 is 5.32 Å². The summed E-state index contributed by atoms with van der Waals surface area (Å²) in [5.74, 6) is -0.782. The summed E-state index contributed by atoms with van der Waals surface area (Å²) in [6.07, 6.45) is 2.53. The van der Waals surface area contributed by atoms with Crippen molar-refractivity contribution in [1.82, 2.24) is 10.2 Å². The fourth-order valence-electron chi connectivity index (χ4n) is 1.49. The molecule has 86 valence electrons. The third-order valence-corrected chi connectivity index (χ3v) is 2.46. The molecule has 1 saturated carbocycles. The highest BCUT2D eigenvalue weighted by atomic mass is 16.4. The molecule has 0 unspecified atom stereocenters. The summed E-state index contributed by atoms with van der Waals surface area (Å²) >= 11 is 0. The third-order valence-electron chi connectivity index (χ3n) is 2.46. The van der Waals surface area contributed by atoms with Crippen LogP contribution >= 0.6 is 0 Å². The van der Waals surface area contributed by atoms with Gasteiger partial charge in [0.05, 0.1) is 6.42 Å². The number of aliphatic carboxylic acids is 1. The highest BCUT2D eigenvalue weighted by Gasteiger charge is 2.31. The molecule has 2 N–H and O–H groups in total. The van der Waals surface area contributed by atoms with E-state index in [1.54, 1.807) is 11.9 Å². The van der Waals surface area contributed by atoms with Gasteiger partial charge in [-0.25, -0.2) is 0 Å². The molecule has 0 aromatic rings. The van der Waals surface area contributed by atoms with E-state index in [1.165, 1.54) is 0 Å². The summed E-state index contributed by atoms with van der Waals surface area (Å²) in [5.41, 5.74) is 0. The highest BCUT2D eigenvalue weighted by Crippen LogP contribution is 2.27. The smallest absolute Gasteiger partial charge is 0.305 e. The Bertz CT molecular complexity index is 239. The van der Waals surface area contributed by atoms with Gasteiger partial charge in [-0.15, -0.1) is 0 Å². The maximum Gasteiger partial charge on any atom is 0.305 e. The van der Waals surface area contributed by atoms with E-state index in [-0.39, 0.29) is 12.3 Å². The van der Waals surface area contributed by atoms with Gasteiger partial charge in [-0.2, -0.15) is 0 Å². The molecule has 0 aromatic heterocycles. The minimum Gasteiger partial charge on any atom is -0.481 e. The fraction of sp³-hybridized carbons (Fsp3) is 0.800. The zero-order valence-electron chi connectivity index (χ0n) is 9.03. The van der Waals surface area contributed by atoms with Gasteiger partial charge in [0.25, 0.3) is 0 Å². The lowest BCUT2D eigenvalue weighted by Crippen LogP contribution is -2.36. The van der Waals surface area contributed by atoms with Crippen LogP contribution in [-0.2, 0) is 9.59 Å². The Morgan fingerprint density at radius 3 is 2.53 bits per heavy atom. The first-order valence-electron chi connectivity index (χ1n) is 5.31. The van der Waals surface area contributed by atoms with Crippen LogP contribution in [0.15, 0.2) is 0 Å². The first kappa shape index (κ1) is 12.0. The molecule has 0 bridgehead atoms. The Hall–Kier alpha value is -1.10. The lowest BCUT2D eigenvalue weighted by Gasteiger charge is -2.21. The van der Waals surface area contributed by atoms with E-state index in [1.807, 2.05) is 0 Å². The van der Waals surface area contributed by atoms with Crippen LogP contribution in [0, 0.1) is 0 Å². The average Bonchev–Trinajstić information content (AvgIpc) is 2.98. The molecule has 1 rings (SSSR count). The molecule has 0 spiro atoms. The third kappa shape index (κ3) is 4.29. The van der Waals surface area contributed by atoms with E-state index in [2.05, 4.69) is 5.32 Å². The summed E-state index contributed by atoms with van der Waals surface area (Å²) in [7, 11) is 1.80. The molecule has 1 amide bonds. The maximum atomic E-state index is 11.7. The van der Waals surface area contributed by atoms with Crippen LogP contribution in [0.3, 0.4) is 0 Å². The Morgan fingerprint density at radius 1 is 1.40 bits per heavy atom. The van der Waals surface area contributed by atoms with Gasteiger partial charge >= 0.3 is 5.97 Å². The number of carboxylic acid groups (broad SMARTS) is 1. The van der Waals surface area contributed by atoms with E-state index in [0.29, 0.717) is 25.6 Å². The molecular formula is C10H18N2O3. The minimum absolute atomic E-state index is 0.0434. The van der Waals surface area contributed by atoms with Crippen molar-refractivity contribution in [3.8, 4) is 0 Å². The van der Waals surface area contributed by atoms with Crippen molar-refractivity contribution >= 4 is 11.9 Å². The number of carboxylic acids is 1. The number of hydrogen-bond donors (Lipinski definition) is 2. The van der Waals surface area contributed by atoms with Crippen LogP contribution in [0.5, 0.6) is 0 Å². The van der Waals surface area contributed by atoms with Crippen LogP contribution in [-0.4, -0.2) is 48.1 Å². The van der Waals surface area contributed by atoms with Gasteiger partial charge in [0, 0.05) is 25.6 Å². The SMILES string of the molecule is CNCCC(=O)N(CCC(=O)O)C1CC1. The summed E-state index contributed by atoms with van der Waals surface area (Å²) in [6.45, 7) is 0.998. The Kier molecular flexibility index (Phi) is 4.55. The second kappa shape index (κ2) is 5.70. The van der Waals surface area contributed by atoms with E-state index in [4.69, 9.17) is 5.11 Å². The van der Waals surface area contributed by atoms with Gasteiger partial charge in [-0.05, 0) is 19.9 Å². The second-order valence-electron chi connectivity index (χ2n) is 3.82. The fourth-order valence-corrected chi connectivity index (χ4v) is 1.49. The maximum absolute atomic E-state index is 11.7. The van der Waals surface area contributed by atoms with Crippen LogP contribution in [0.25, 0.3) is 0 Å². The average molecular weight is 214 g/mol. The molecule has 1 aliphatic carbocycles. The standard InChI is InChI=1S/C10H18N2O3/c1-11-6-4-9(13)12(8-2-3-8)7-5-10(14)15/h8,11H,2-7H2,1H3,(H,14,15). The number of carbonyl (C=O) groups is 2. The van der Waals surface area contributed by atoms with Gasteiger partial charge in [0.2, 0.25) is 5.91 Å². The number of hydrogen-bond acceptors (Lipinski definition) is 3. The summed E-state index contributed by atoms with van der Waals surface area (Å²) < 4.78 is 0. The monoisotopic (exact) mass is 214 g/mol. The molecule has 1 fully saturated rings. The molecule has 0 saturated heterocycles. The summed E-state index contributed by atoms with van der Waals surface area (Å²) in [6, 6.07) is 0.300. The molecule has 0 atom stereocenters. The lowest BCUT2D eigenvalue weighted by molar-refractivity contribution is -0.138. The van der Waals surface area contributed by atoms with Crippen molar-refractivity contribution in [2.75, 3.05) is 20.1 Å². The number of nitrogens with one attached hydrogen (secondary N) is 1. The molecule has 0 aromatic carbocycles. The van der Waals surface area contributed by atoms with Crippen molar-refractivity contribution in [2.45, 2.75) is 31.7 Å². The van der Waals surface area contributed by atoms with Crippen molar-refractivity contribution < 1.29 is 14.7 Å². The molecule has 15 heavy (non-hydrogen) atoms. The summed E-state index contributed by atoms with van der Waals surface area (Å²) in [5, 5.41) is 11.5. The van der Waals surface area contributed by atoms with Crippen LogP contribution in [0.2, 0.25) is 0 Å². The van der Waals surface area contributed by atoms with E-state index in [0.717, 1.165) is 12.8 Å². The van der Waals surface area contributed by atoms with Gasteiger partial charge in [0.1, 0.15) is 0 Å². The minimum atomic E-state index is -0.845. The number of nitrogens with zero attached hydrogens (tertiary/aromatic N) is 1. The van der Waals surface area contributed by atoms with E-state index < -0.39 is 5.97 Å². The largest absolute Gasteiger partial charge is 0.481 e. The lowest BCUT2D eigenvalue weighted by atomic mass is 10.3. The second-order valence-corrected chi connectivity index (χ2v) is 3.82. The van der Waals surface area contributed by atoms with Gasteiger partial charge < -0.3 is 15.3 Å². The van der Waals surface area contributed by atoms with E-state index >= 15 is 0 Å². The number of rotatable bonds is 7. The quantitative estimate of drug-likeness (QED) is 0.629. The van der Waals surface area contributed by atoms with Gasteiger partial charge in [-0.1, -0.05) is 0 Å². The van der Waals surface area contributed by atoms with Crippen LogP contribution in [0.4, 0.5) is 0 Å². The zero-order valence-corrected chi connectivity index (χ0v) is 9.03. The normalized spacial score (nSPS) is 15.0. The molecule has 0 heterocycles. The number of amides is 1. The van der Waals surface area contributed by atoms with Gasteiger partial charge in [-0.3, -0.25) is 9.59 Å². The predicted octanol–water partition coefficient (Wildman–Crippen LogP) is 0.0616. The predicted molar refractivity (Wildman–Crippen MR) is 55.5 cm³/mol. The Balaban J connectivity index is 2.35. The molecule has 0 radical (unpaired) electrons. The highest BCUT2D eigenvalue weighted by molar-refractivity contribution is 5.77. The molecule has 5 heteroatoms. The summed E-state index contributed by atoms with van der Waals surface area (Å²) in [4.78, 5) is 23.8. The molecule has 1 aliphatic rings. The Labute approximate surface area is 89.4 Å².